The molecule has 1 aliphatic rings. The number of piperidine rings is 1. The van der Waals surface area contributed by atoms with Crippen LogP contribution in [0, 0.1) is 15.9 Å². The number of halogens is 1. The van der Waals surface area contributed by atoms with E-state index in [0.717, 1.165) is 12.5 Å². The Morgan fingerprint density at radius 1 is 1.44 bits per heavy atom. The average molecular weight is 252 g/mol. The van der Waals surface area contributed by atoms with Gasteiger partial charge in [0, 0.05) is 24.6 Å². The van der Waals surface area contributed by atoms with E-state index in [1.807, 2.05) is 4.90 Å². The summed E-state index contributed by atoms with van der Waals surface area (Å²) in [6, 6.07) is 4.11. The summed E-state index contributed by atoms with van der Waals surface area (Å²) < 4.78 is 13.8. The third-order valence-electron chi connectivity index (χ3n) is 2.98. The zero-order chi connectivity index (χ0) is 13.1. The van der Waals surface area contributed by atoms with Gasteiger partial charge in [0.15, 0.2) is 0 Å². The Hall–Kier alpha value is -1.82. The quantitative estimate of drug-likeness (QED) is 0.608. The Labute approximate surface area is 103 Å². The van der Waals surface area contributed by atoms with E-state index in [1.54, 1.807) is 0 Å². The zero-order valence-corrected chi connectivity index (χ0v) is 9.76. The molecule has 0 atom stereocenters. The molecule has 0 N–H and O–H groups in total. The lowest BCUT2D eigenvalue weighted by Crippen LogP contribution is -2.35. The average Bonchev–Trinajstić information content (AvgIpc) is 2.31. The van der Waals surface area contributed by atoms with Gasteiger partial charge in [0.1, 0.15) is 5.78 Å². The van der Waals surface area contributed by atoms with E-state index in [0.29, 0.717) is 19.5 Å². The van der Waals surface area contributed by atoms with E-state index in [2.05, 4.69) is 0 Å². The smallest absolute Gasteiger partial charge is 0.298 e. The number of Topliss-reactive ketones (excluding diaryl/α,β-unsaturated/α-hetero) is 1. The first kappa shape index (κ1) is 12.6. The molecule has 1 fully saturated rings. The standard InChI is InChI=1S/C12H13FN2O3/c13-12-9(3-1-5-11(12)15(17)18)7-14-6-2-4-10(16)8-14/h1,3,5H,2,4,6-8H2. The Bertz CT molecular complexity index is 490. The van der Waals surface area contributed by atoms with Crippen molar-refractivity contribution in [2.75, 3.05) is 13.1 Å². The molecule has 1 aromatic rings. The lowest BCUT2D eigenvalue weighted by atomic mass is 10.1. The maximum atomic E-state index is 13.8. The molecule has 0 bridgehead atoms. The number of likely N-dealkylation sites (tertiary alicyclic amines) is 1. The van der Waals surface area contributed by atoms with Crippen molar-refractivity contribution in [3.63, 3.8) is 0 Å². The summed E-state index contributed by atoms with van der Waals surface area (Å²) >= 11 is 0. The highest BCUT2D eigenvalue weighted by atomic mass is 19.1. The lowest BCUT2D eigenvalue weighted by molar-refractivity contribution is -0.387. The van der Waals surface area contributed by atoms with Crippen molar-refractivity contribution in [2.24, 2.45) is 0 Å². The highest BCUT2D eigenvalue weighted by Gasteiger charge is 2.21. The molecule has 1 aromatic carbocycles. The summed E-state index contributed by atoms with van der Waals surface area (Å²) in [4.78, 5) is 23.0. The summed E-state index contributed by atoms with van der Waals surface area (Å²) in [5.74, 6) is -0.674. The number of nitro groups is 1. The van der Waals surface area contributed by atoms with E-state index in [-0.39, 0.29) is 17.9 Å². The van der Waals surface area contributed by atoms with Crippen LogP contribution in [0.2, 0.25) is 0 Å². The van der Waals surface area contributed by atoms with Crippen LogP contribution in [-0.4, -0.2) is 28.7 Å². The number of hydrogen-bond acceptors (Lipinski definition) is 4. The second kappa shape index (κ2) is 5.22. The number of nitrogens with zero attached hydrogens (tertiary/aromatic N) is 2. The Kier molecular flexibility index (Phi) is 3.66. The van der Waals surface area contributed by atoms with Crippen molar-refractivity contribution in [3.8, 4) is 0 Å². The minimum atomic E-state index is -0.805. The van der Waals surface area contributed by atoms with E-state index in [1.165, 1.54) is 12.1 Å². The number of benzene rings is 1. The zero-order valence-electron chi connectivity index (χ0n) is 9.76. The van der Waals surface area contributed by atoms with Crippen LogP contribution in [0.25, 0.3) is 0 Å². The predicted octanol–water partition coefficient (Wildman–Crippen LogP) is 1.90. The number of ketones is 1. The lowest BCUT2D eigenvalue weighted by Gasteiger charge is -2.25. The van der Waals surface area contributed by atoms with Gasteiger partial charge >= 0.3 is 5.69 Å². The fraction of sp³-hybridized carbons (Fsp3) is 0.417. The minimum absolute atomic E-state index is 0.132. The van der Waals surface area contributed by atoms with Gasteiger partial charge in [-0.2, -0.15) is 4.39 Å². The first-order chi connectivity index (χ1) is 8.58. The second-order valence-corrected chi connectivity index (χ2v) is 4.36. The van der Waals surface area contributed by atoms with Gasteiger partial charge in [-0.25, -0.2) is 0 Å². The van der Waals surface area contributed by atoms with Crippen LogP contribution in [0.5, 0.6) is 0 Å². The first-order valence-electron chi connectivity index (χ1n) is 5.74. The highest BCUT2D eigenvalue weighted by molar-refractivity contribution is 5.81. The molecule has 1 aliphatic heterocycles. The molecule has 0 radical (unpaired) electrons. The van der Waals surface area contributed by atoms with E-state index in [9.17, 15) is 19.3 Å². The van der Waals surface area contributed by atoms with Crippen LogP contribution in [0.15, 0.2) is 18.2 Å². The van der Waals surface area contributed by atoms with Crippen molar-refractivity contribution >= 4 is 11.5 Å². The molecule has 1 saturated heterocycles. The molecule has 0 aromatic heterocycles. The summed E-state index contributed by atoms with van der Waals surface area (Å²) in [6.45, 7) is 1.25. The molecule has 0 saturated carbocycles. The summed E-state index contributed by atoms with van der Waals surface area (Å²) in [7, 11) is 0. The highest BCUT2D eigenvalue weighted by Crippen LogP contribution is 2.22. The Balaban J connectivity index is 2.16. The minimum Gasteiger partial charge on any atom is -0.298 e. The topological polar surface area (TPSA) is 63.5 Å². The molecule has 18 heavy (non-hydrogen) atoms. The van der Waals surface area contributed by atoms with Gasteiger partial charge < -0.3 is 0 Å². The monoisotopic (exact) mass is 252 g/mol. The van der Waals surface area contributed by atoms with Gasteiger partial charge in [0.25, 0.3) is 0 Å². The molecule has 6 heteroatoms. The Morgan fingerprint density at radius 2 is 2.22 bits per heavy atom. The Morgan fingerprint density at radius 3 is 2.89 bits per heavy atom. The van der Waals surface area contributed by atoms with Gasteiger partial charge in [0.2, 0.25) is 5.82 Å². The molecule has 2 rings (SSSR count). The number of hydrogen-bond donors (Lipinski definition) is 0. The van der Waals surface area contributed by atoms with Gasteiger partial charge in [0.05, 0.1) is 11.5 Å². The summed E-state index contributed by atoms with van der Waals surface area (Å²) in [6.07, 6.45) is 1.32. The second-order valence-electron chi connectivity index (χ2n) is 4.36. The molecule has 1 heterocycles. The third kappa shape index (κ3) is 2.70. The van der Waals surface area contributed by atoms with Crippen molar-refractivity contribution in [3.05, 3.63) is 39.7 Å². The molecule has 5 nitrogen and oxygen atoms in total. The van der Waals surface area contributed by atoms with Crippen LogP contribution in [0.1, 0.15) is 18.4 Å². The van der Waals surface area contributed by atoms with Crippen LogP contribution in [-0.2, 0) is 11.3 Å². The summed E-state index contributed by atoms with van der Waals surface area (Å²) in [5, 5.41) is 10.6. The maximum absolute atomic E-state index is 13.8. The van der Waals surface area contributed by atoms with Crippen LogP contribution in [0.3, 0.4) is 0 Å². The first-order valence-corrected chi connectivity index (χ1v) is 5.74. The van der Waals surface area contributed by atoms with Gasteiger partial charge in [-0.05, 0) is 13.0 Å². The number of nitro benzene ring substituents is 1. The normalized spacial score (nSPS) is 16.8. The predicted molar refractivity (Wildman–Crippen MR) is 62.6 cm³/mol. The molecule has 0 spiro atoms. The van der Waals surface area contributed by atoms with Crippen molar-refractivity contribution < 1.29 is 14.1 Å². The molecular formula is C12H13FN2O3. The SMILES string of the molecule is O=C1CCCN(Cc2cccc([N+](=O)[O-])c2F)C1. The van der Waals surface area contributed by atoms with Crippen molar-refractivity contribution in [1.82, 2.24) is 4.90 Å². The van der Waals surface area contributed by atoms with Gasteiger partial charge in [-0.15, -0.1) is 0 Å². The molecule has 0 amide bonds. The van der Waals surface area contributed by atoms with Crippen LogP contribution in [0.4, 0.5) is 10.1 Å². The number of carbonyl (C=O) groups is 1. The van der Waals surface area contributed by atoms with Gasteiger partial charge in [-0.1, -0.05) is 12.1 Å². The fourth-order valence-electron chi connectivity index (χ4n) is 2.11. The van der Waals surface area contributed by atoms with Crippen molar-refractivity contribution in [1.29, 1.82) is 0 Å². The van der Waals surface area contributed by atoms with Crippen molar-refractivity contribution in [2.45, 2.75) is 19.4 Å². The molecule has 0 unspecified atom stereocenters. The maximum Gasteiger partial charge on any atom is 0.305 e. The van der Waals surface area contributed by atoms with Crippen LogP contribution < -0.4 is 0 Å². The van der Waals surface area contributed by atoms with E-state index < -0.39 is 16.4 Å². The number of rotatable bonds is 3. The van der Waals surface area contributed by atoms with E-state index in [4.69, 9.17) is 0 Å². The largest absolute Gasteiger partial charge is 0.305 e. The molecule has 96 valence electrons. The van der Waals surface area contributed by atoms with Crippen LogP contribution >= 0.6 is 0 Å². The molecule has 0 aliphatic carbocycles. The molecular weight excluding hydrogens is 239 g/mol. The summed E-state index contributed by atoms with van der Waals surface area (Å²) in [5.41, 5.74) is -0.255. The van der Waals surface area contributed by atoms with E-state index >= 15 is 0 Å². The fourth-order valence-corrected chi connectivity index (χ4v) is 2.11. The third-order valence-corrected chi connectivity index (χ3v) is 2.98. The number of carbonyl (C=O) groups excluding carboxylic acids is 1. The van der Waals surface area contributed by atoms with Gasteiger partial charge in [-0.3, -0.25) is 19.8 Å².